The largest absolute Gasteiger partial charge is 0.354 e. The lowest BCUT2D eigenvalue weighted by molar-refractivity contribution is -0.125. The highest BCUT2D eigenvalue weighted by Gasteiger charge is 2.43. The van der Waals surface area contributed by atoms with Gasteiger partial charge in [0.15, 0.2) is 0 Å². The Bertz CT molecular complexity index is 1420. The van der Waals surface area contributed by atoms with Gasteiger partial charge in [0, 0.05) is 41.8 Å². The van der Waals surface area contributed by atoms with Crippen LogP contribution in [0.25, 0.3) is 0 Å². The minimum atomic E-state index is -4.03. The van der Waals surface area contributed by atoms with Gasteiger partial charge in [0.1, 0.15) is 6.04 Å². The van der Waals surface area contributed by atoms with Gasteiger partial charge in [-0.2, -0.15) is 8.61 Å². The number of carbonyl (C=O) groups excluding carboxylic acids is 1. The number of sulfonamides is 2. The molecule has 1 heterocycles. The monoisotopic (exact) mass is 579 g/mol. The minimum absolute atomic E-state index is 0.0467. The van der Waals surface area contributed by atoms with Crippen molar-refractivity contribution in [2.75, 3.05) is 31.9 Å². The first-order valence-corrected chi connectivity index (χ1v) is 15.7. The molecule has 12 heteroatoms. The van der Waals surface area contributed by atoms with E-state index in [1.165, 1.54) is 40.3 Å². The maximum absolute atomic E-state index is 13.4. The van der Waals surface area contributed by atoms with Crippen molar-refractivity contribution in [3.8, 4) is 0 Å². The van der Waals surface area contributed by atoms with Crippen molar-refractivity contribution in [2.45, 2.75) is 20.7 Å². The van der Waals surface area contributed by atoms with Gasteiger partial charge in [0.05, 0.1) is 9.79 Å². The predicted molar refractivity (Wildman–Crippen MR) is 145 cm³/mol. The van der Waals surface area contributed by atoms with Crippen LogP contribution in [-0.2, 0) is 24.8 Å². The molecule has 3 aromatic rings. The van der Waals surface area contributed by atoms with E-state index < -0.39 is 32.0 Å². The van der Waals surface area contributed by atoms with Crippen LogP contribution >= 0.6 is 23.4 Å². The molecule has 0 saturated carbocycles. The zero-order valence-electron chi connectivity index (χ0n) is 19.7. The lowest BCUT2D eigenvalue weighted by Crippen LogP contribution is -2.61. The third-order valence-electron chi connectivity index (χ3n) is 5.81. The molecule has 1 aliphatic heterocycles. The molecule has 1 fully saturated rings. The number of nitrogens with one attached hydrogen (secondary N) is 1. The summed E-state index contributed by atoms with van der Waals surface area (Å²) >= 11 is 7.42. The Hall–Kier alpha value is -2.41. The standard InChI is InChI=1S/C25H26ClN3O5S3/c26-20-11-13-21(14-12-20)35-18-15-27-25(30)24-19-28(36(31,32)22-7-3-1-4-8-22)16-17-29(24)37(33,34)23-9-5-2-6-10-23/h1-14,24H,15-19H2,(H,27,30)/t24-/m1/s1. The van der Waals surface area contributed by atoms with Crippen molar-refractivity contribution in [2.24, 2.45) is 0 Å². The van der Waals surface area contributed by atoms with E-state index in [1.54, 1.807) is 48.5 Å². The minimum Gasteiger partial charge on any atom is -0.354 e. The van der Waals surface area contributed by atoms with Gasteiger partial charge < -0.3 is 5.32 Å². The van der Waals surface area contributed by atoms with Crippen LogP contribution < -0.4 is 5.32 Å². The van der Waals surface area contributed by atoms with E-state index in [2.05, 4.69) is 5.32 Å². The number of halogens is 1. The lowest BCUT2D eigenvalue weighted by Gasteiger charge is -2.38. The van der Waals surface area contributed by atoms with Crippen LogP contribution in [0.3, 0.4) is 0 Å². The highest BCUT2D eigenvalue weighted by atomic mass is 35.5. The van der Waals surface area contributed by atoms with Crippen LogP contribution in [0.15, 0.2) is 99.6 Å². The van der Waals surface area contributed by atoms with Crippen LogP contribution in [-0.4, -0.2) is 69.3 Å². The van der Waals surface area contributed by atoms with Crippen LogP contribution in [0.1, 0.15) is 0 Å². The van der Waals surface area contributed by atoms with Gasteiger partial charge in [-0.05, 0) is 48.5 Å². The number of nitrogens with zero attached hydrogens (tertiary/aromatic N) is 2. The average molecular weight is 580 g/mol. The van der Waals surface area contributed by atoms with Gasteiger partial charge in [0.2, 0.25) is 26.0 Å². The fourth-order valence-corrected chi connectivity index (χ4v) is 7.87. The third kappa shape index (κ3) is 6.54. The summed E-state index contributed by atoms with van der Waals surface area (Å²) in [4.78, 5) is 14.4. The number of hydrogen-bond donors (Lipinski definition) is 1. The summed E-state index contributed by atoms with van der Waals surface area (Å²) in [5.74, 6) is -0.0124. The maximum atomic E-state index is 13.4. The molecule has 1 saturated heterocycles. The molecule has 37 heavy (non-hydrogen) atoms. The Morgan fingerprint density at radius 1 is 0.838 bits per heavy atom. The number of thioether (sulfide) groups is 1. The molecule has 1 aliphatic rings. The number of benzene rings is 3. The number of carbonyl (C=O) groups is 1. The van der Waals surface area contributed by atoms with E-state index in [4.69, 9.17) is 11.6 Å². The fourth-order valence-electron chi connectivity index (χ4n) is 3.92. The van der Waals surface area contributed by atoms with Gasteiger partial charge in [-0.25, -0.2) is 16.8 Å². The zero-order valence-corrected chi connectivity index (χ0v) is 22.9. The van der Waals surface area contributed by atoms with E-state index >= 15 is 0 Å². The second-order valence-corrected chi connectivity index (χ2v) is 13.6. The van der Waals surface area contributed by atoms with Gasteiger partial charge in [-0.3, -0.25) is 4.79 Å². The van der Waals surface area contributed by atoms with Crippen molar-refractivity contribution in [3.63, 3.8) is 0 Å². The molecule has 8 nitrogen and oxygen atoms in total. The molecule has 0 aliphatic carbocycles. The summed E-state index contributed by atoms with van der Waals surface area (Å²) in [6, 6.07) is 21.8. The van der Waals surface area contributed by atoms with Crippen molar-refractivity contribution < 1.29 is 21.6 Å². The molecule has 3 aromatic carbocycles. The number of amides is 1. The van der Waals surface area contributed by atoms with Crippen LogP contribution in [0.4, 0.5) is 0 Å². The van der Waals surface area contributed by atoms with Crippen LogP contribution in [0.2, 0.25) is 5.02 Å². The second kappa shape index (κ2) is 12.0. The normalized spacial score (nSPS) is 17.4. The summed E-state index contributed by atoms with van der Waals surface area (Å²) in [7, 11) is -7.94. The Morgan fingerprint density at radius 3 is 2.00 bits per heavy atom. The highest BCUT2D eigenvalue weighted by molar-refractivity contribution is 7.99. The Kier molecular flexibility index (Phi) is 8.94. The van der Waals surface area contributed by atoms with Crippen molar-refractivity contribution in [1.82, 2.24) is 13.9 Å². The molecule has 1 N–H and O–H groups in total. The second-order valence-electron chi connectivity index (χ2n) is 8.21. The highest BCUT2D eigenvalue weighted by Crippen LogP contribution is 2.26. The Morgan fingerprint density at radius 2 is 1.41 bits per heavy atom. The maximum Gasteiger partial charge on any atom is 0.243 e. The van der Waals surface area contributed by atoms with E-state index in [9.17, 15) is 21.6 Å². The van der Waals surface area contributed by atoms with E-state index in [-0.39, 0.29) is 36.0 Å². The topological polar surface area (TPSA) is 104 Å². The molecule has 0 bridgehead atoms. The molecule has 0 radical (unpaired) electrons. The van der Waals surface area contributed by atoms with E-state index in [0.29, 0.717) is 10.8 Å². The molecular weight excluding hydrogens is 554 g/mol. The summed E-state index contributed by atoms with van der Waals surface area (Å²) < 4.78 is 55.6. The first kappa shape index (κ1) is 27.6. The number of piperazine rings is 1. The van der Waals surface area contributed by atoms with Gasteiger partial charge in [-0.1, -0.05) is 48.0 Å². The first-order valence-electron chi connectivity index (χ1n) is 11.5. The molecule has 0 aromatic heterocycles. The fraction of sp³-hybridized carbons (Fsp3) is 0.240. The molecule has 196 valence electrons. The lowest BCUT2D eigenvalue weighted by atomic mass is 10.2. The number of rotatable bonds is 9. The smallest absolute Gasteiger partial charge is 0.243 e. The molecular formula is C25H26ClN3O5S3. The summed E-state index contributed by atoms with van der Waals surface area (Å²) in [5, 5.41) is 3.42. The SMILES string of the molecule is O=C(NCCSc1ccc(Cl)cc1)[C@H]1CN(S(=O)(=O)c2ccccc2)CCN1S(=O)(=O)c1ccccc1. The molecule has 1 amide bonds. The van der Waals surface area contributed by atoms with Gasteiger partial charge >= 0.3 is 0 Å². The zero-order chi connectivity index (χ0) is 26.5. The van der Waals surface area contributed by atoms with Crippen molar-refractivity contribution in [1.29, 1.82) is 0 Å². The molecule has 4 rings (SSSR count). The Balaban J connectivity index is 1.52. The summed E-state index contributed by atoms with van der Waals surface area (Å²) in [5.41, 5.74) is 0. The van der Waals surface area contributed by atoms with Gasteiger partial charge in [-0.15, -0.1) is 11.8 Å². The third-order valence-corrected chi connectivity index (χ3v) is 10.9. The average Bonchev–Trinajstić information content (AvgIpc) is 2.92. The number of hydrogen-bond acceptors (Lipinski definition) is 6. The Labute approximate surface area is 226 Å². The predicted octanol–water partition coefficient (Wildman–Crippen LogP) is 3.31. The molecule has 1 atom stereocenters. The molecule has 0 spiro atoms. The summed E-state index contributed by atoms with van der Waals surface area (Å²) in [6.07, 6.45) is 0. The van der Waals surface area contributed by atoms with Gasteiger partial charge in [0.25, 0.3) is 0 Å². The van der Waals surface area contributed by atoms with Crippen LogP contribution in [0.5, 0.6) is 0 Å². The van der Waals surface area contributed by atoms with E-state index in [0.717, 1.165) is 9.20 Å². The quantitative estimate of drug-likeness (QED) is 0.308. The first-order chi connectivity index (χ1) is 17.7. The van der Waals surface area contributed by atoms with E-state index in [1.807, 2.05) is 12.1 Å². The molecule has 0 unspecified atom stereocenters. The van der Waals surface area contributed by atoms with Crippen molar-refractivity contribution in [3.05, 3.63) is 90.0 Å². The van der Waals surface area contributed by atoms with Crippen LogP contribution in [0, 0.1) is 0 Å². The summed E-state index contributed by atoms with van der Waals surface area (Å²) in [6.45, 7) is -0.243. The van der Waals surface area contributed by atoms with Crippen molar-refractivity contribution >= 4 is 49.3 Å².